The van der Waals surface area contributed by atoms with E-state index in [4.69, 9.17) is 9.88 Å². The van der Waals surface area contributed by atoms with E-state index in [2.05, 4.69) is 15.9 Å². The summed E-state index contributed by atoms with van der Waals surface area (Å²) >= 11 is 3.53. The van der Waals surface area contributed by atoms with Gasteiger partial charge in [0.1, 0.15) is 5.75 Å². The number of benzene rings is 1. The quantitative estimate of drug-likeness (QED) is 0.857. The number of primary sulfonamides is 1. The zero-order chi connectivity index (χ0) is 15.7. The molecule has 1 aromatic carbocycles. The van der Waals surface area contributed by atoms with Crippen LogP contribution < -0.4 is 9.88 Å². The number of hydrogen-bond acceptors (Lipinski definition) is 3. The predicted molar refractivity (Wildman–Crippen MR) is 88.0 cm³/mol. The molecule has 0 aromatic heterocycles. The molecule has 6 heteroatoms. The van der Waals surface area contributed by atoms with E-state index in [0.717, 1.165) is 47.0 Å². The van der Waals surface area contributed by atoms with Crippen LogP contribution in [0.15, 0.2) is 16.6 Å². The van der Waals surface area contributed by atoms with E-state index >= 15 is 0 Å². The van der Waals surface area contributed by atoms with E-state index in [9.17, 15) is 8.42 Å². The van der Waals surface area contributed by atoms with E-state index in [1.54, 1.807) is 0 Å². The van der Waals surface area contributed by atoms with Crippen LogP contribution in [0, 0.1) is 19.3 Å². The van der Waals surface area contributed by atoms with Crippen molar-refractivity contribution in [2.75, 3.05) is 12.4 Å². The van der Waals surface area contributed by atoms with Crippen molar-refractivity contribution in [3.05, 3.63) is 27.7 Å². The van der Waals surface area contributed by atoms with Crippen molar-refractivity contribution in [1.29, 1.82) is 0 Å². The molecule has 0 saturated heterocycles. The Bertz CT molecular complexity index is 599. The molecule has 118 valence electrons. The van der Waals surface area contributed by atoms with E-state index in [1.807, 2.05) is 26.0 Å². The maximum atomic E-state index is 11.5. The van der Waals surface area contributed by atoms with Gasteiger partial charge in [0.2, 0.25) is 10.0 Å². The van der Waals surface area contributed by atoms with Crippen molar-refractivity contribution in [3.8, 4) is 5.75 Å². The fourth-order valence-electron chi connectivity index (χ4n) is 3.11. The van der Waals surface area contributed by atoms with Gasteiger partial charge in [-0.1, -0.05) is 28.8 Å². The zero-order valence-corrected chi connectivity index (χ0v) is 14.9. The molecule has 0 heterocycles. The average Bonchev–Trinajstić information content (AvgIpc) is 2.80. The molecule has 0 bridgehead atoms. The maximum Gasteiger partial charge on any atom is 0.209 e. The first-order valence-corrected chi connectivity index (χ1v) is 9.62. The molecule has 1 aromatic rings. The number of halogens is 1. The number of aryl methyl sites for hydroxylation is 2. The summed E-state index contributed by atoms with van der Waals surface area (Å²) in [6, 6.07) is 3.94. The Morgan fingerprint density at radius 1 is 1.24 bits per heavy atom. The molecule has 1 aliphatic rings. The Balaban J connectivity index is 2.13. The Labute approximate surface area is 135 Å². The third-order valence-corrected chi connectivity index (χ3v) is 6.39. The summed E-state index contributed by atoms with van der Waals surface area (Å²) in [5.74, 6) is 0.794. The van der Waals surface area contributed by atoms with Gasteiger partial charge in [0.25, 0.3) is 0 Å². The second-order valence-corrected chi connectivity index (χ2v) is 8.58. The highest BCUT2D eigenvalue weighted by Gasteiger charge is 2.38. The fourth-order valence-corrected chi connectivity index (χ4v) is 4.56. The van der Waals surface area contributed by atoms with E-state index in [0.29, 0.717) is 6.61 Å². The van der Waals surface area contributed by atoms with Crippen molar-refractivity contribution in [2.45, 2.75) is 39.5 Å². The van der Waals surface area contributed by atoms with Gasteiger partial charge in [-0.05, 0) is 49.9 Å². The van der Waals surface area contributed by atoms with Crippen LogP contribution in [-0.2, 0) is 10.0 Å². The highest BCUT2D eigenvalue weighted by molar-refractivity contribution is 9.10. The molecule has 2 N–H and O–H groups in total. The summed E-state index contributed by atoms with van der Waals surface area (Å²) in [5, 5.41) is 5.25. The molecule has 2 rings (SSSR count). The lowest BCUT2D eigenvalue weighted by Gasteiger charge is -2.28. The van der Waals surface area contributed by atoms with E-state index in [-0.39, 0.29) is 11.2 Å². The molecule has 0 spiro atoms. The summed E-state index contributed by atoms with van der Waals surface area (Å²) in [6.07, 6.45) is 3.80. The van der Waals surface area contributed by atoms with Crippen LogP contribution in [-0.4, -0.2) is 20.8 Å². The number of ether oxygens (including phenoxy) is 1. The summed E-state index contributed by atoms with van der Waals surface area (Å²) in [7, 11) is -3.48. The third kappa shape index (κ3) is 4.44. The lowest BCUT2D eigenvalue weighted by Crippen LogP contribution is -2.36. The first kappa shape index (κ1) is 16.8. The lowest BCUT2D eigenvalue weighted by molar-refractivity contribution is 0.170. The van der Waals surface area contributed by atoms with Crippen LogP contribution >= 0.6 is 15.9 Å². The molecule has 0 atom stereocenters. The molecule has 4 nitrogen and oxygen atoms in total. The van der Waals surface area contributed by atoms with Gasteiger partial charge in [0.05, 0.1) is 12.4 Å². The van der Waals surface area contributed by atoms with Crippen molar-refractivity contribution in [2.24, 2.45) is 10.6 Å². The molecule has 1 aliphatic carbocycles. The van der Waals surface area contributed by atoms with Crippen molar-refractivity contribution < 1.29 is 13.2 Å². The van der Waals surface area contributed by atoms with Gasteiger partial charge in [-0.25, -0.2) is 13.6 Å². The van der Waals surface area contributed by atoms with Crippen LogP contribution in [0.2, 0.25) is 0 Å². The average molecular weight is 376 g/mol. The van der Waals surface area contributed by atoms with Gasteiger partial charge in [-0.2, -0.15) is 0 Å². The van der Waals surface area contributed by atoms with Crippen molar-refractivity contribution in [1.82, 2.24) is 0 Å². The predicted octanol–water partition coefficient (Wildman–Crippen LogP) is 3.29. The summed E-state index contributed by atoms with van der Waals surface area (Å²) in [5.41, 5.74) is 1.89. The summed E-state index contributed by atoms with van der Waals surface area (Å²) in [4.78, 5) is 0. The third-order valence-electron chi connectivity index (χ3n) is 4.13. The van der Waals surface area contributed by atoms with Gasteiger partial charge in [0, 0.05) is 9.89 Å². The van der Waals surface area contributed by atoms with Crippen LogP contribution in [0.4, 0.5) is 0 Å². The van der Waals surface area contributed by atoms with E-state index < -0.39 is 10.0 Å². The molecule has 0 aliphatic heterocycles. The maximum absolute atomic E-state index is 11.5. The van der Waals surface area contributed by atoms with Crippen molar-refractivity contribution in [3.63, 3.8) is 0 Å². The minimum absolute atomic E-state index is 0.00842. The zero-order valence-electron chi connectivity index (χ0n) is 12.5. The first-order chi connectivity index (χ1) is 9.71. The summed E-state index contributed by atoms with van der Waals surface area (Å²) < 4.78 is 29.9. The molecule has 0 amide bonds. The summed E-state index contributed by atoms with van der Waals surface area (Å²) in [6.45, 7) is 4.43. The number of rotatable bonds is 5. The first-order valence-electron chi connectivity index (χ1n) is 7.11. The van der Waals surface area contributed by atoms with Gasteiger partial charge in [0.15, 0.2) is 0 Å². The smallest absolute Gasteiger partial charge is 0.209 e. The Morgan fingerprint density at radius 3 is 2.24 bits per heavy atom. The van der Waals surface area contributed by atoms with Crippen LogP contribution in [0.25, 0.3) is 0 Å². The highest BCUT2D eigenvalue weighted by atomic mass is 79.9. The number of sulfonamides is 1. The number of nitrogens with two attached hydrogens (primary N) is 1. The van der Waals surface area contributed by atoms with Crippen molar-refractivity contribution >= 4 is 26.0 Å². The van der Waals surface area contributed by atoms with Crippen LogP contribution in [0.5, 0.6) is 5.75 Å². The van der Waals surface area contributed by atoms with Gasteiger partial charge in [-0.3, -0.25) is 0 Å². The second kappa shape index (κ2) is 6.26. The second-order valence-electron chi connectivity index (χ2n) is 6.17. The van der Waals surface area contributed by atoms with Gasteiger partial charge in [-0.15, -0.1) is 0 Å². The molecule has 21 heavy (non-hydrogen) atoms. The van der Waals surface area contributed by atoms with Crippen LogP contribution in [0.1, 0.15) is 36.8 Å². The Kier molecular flexibility index (Phi) is 5.00. The van der Waals surface area contributed by atoms with Gasteiger partial charge < -0.3 is 4.74 Å². The highest BCUT2D eigenvalue weighted by Crippen LogP contribution is 2.39. The molecule has 1 fully saturated rings. The molecule has 0 radical (unpaired) electrons. The standard InChI is InChI=1S/C15H22BrNO3S/c1-11-7-13(8-12(2)14(11)16)20-9-15(5-3-4-6-15)10-21(17,18)19/h7-8H,3-6,9-10H2,1-2H3,(H2,17,18,19). The molecule has 1 saturated carbocycles. The molecular weight excluding hydrogens is 354 g/mol. The normalized spacial score (nSPS) is 17.9. The Morgan fingerprint density at radius 2 is 1.76 bits per heavy atom. The minimum atomic E-state index is -3.48. The molecule has 0 unspecified atom stereocenters. The topological polar surface area (TPSA) is 69.4 Å². The van der Waals surface area contributed by atoms with E-state index in [1.165, 1.54) is 0 Å². The SMILES string of the molecule is Cc1cc(OCC2(CS(N)(=O)=O)CCCC2)cc(C)c1Br. The van der Waals surface area contributed by atoms with Crippen LogP contribution in [0.3, 0.4) is 0 Å². The lowest BCUT2D eigenvalue weighted by atomic mass is 9.90. The monoisotopic (exact) mass is 375 g/mol. The largest absolute Gasteiger partial charge is 0.493 e. The fraction of sp³-hybridized carbons (Fsp3) is 0.600. The van der Waals surface area contributed by atoms with Gasteiger partial charge >= 0.3 is 0 Å². The molecular formula is C15H22BrNO3S. The minimum Gasteiger partial charge on any atom is -0.493 e. The number of hydrogen-bond donors (Lipinski definition) is 1. The Hall–Kier alpha value is -0.590.